The number of nitrogens with zero attached hydrogens (tertiary/aromatic N) is 5. The average Bonchev–Trinajstić information content (AvgIpc) is 3.01. The third-order valence-corrected chi connectivity index (χ3v) is 3.51. The zero-order valence-corrected chi connectivity index (χ0v) is 14.7. The third-order valence-electron chi connectivity index (χ3n) is 3.51. The smallest absolute Gasteiger partial charge is 0.224 e. The fourth-order valence-corrected chi connectivity index (χ4v) is 2.18. The van der Waals surface area contributed by atoms with E-state index in [1.54, 1.807) is 6.33 Å². The molecule has 8 heteroatoms. The van der Waals surface area contributed by atoms with Gasteiger partial charge in [0.2, 0.25) is 5.91 Å². The Kier molecular flexibility index (Phi) is 8.71. The van der Waals surface area contributed by atoms with Gasteiger partial charge in [0.15, 0.2) is 11.8 Å². The Morgan fingerprint density at radius 1 is 1.26 bits per heavy atom. The predicted molar refractivity (Wildman–Crippen MR) is 91.1 cm³/mol. The van der Waals surface area contributed by atoms with Crippen molar-refractivity contribution in [1.82, 2.24) is 30.3 Å². The van der Waals surface area contributed by atoms with Gasteiger partial charge in [0.25, 0.3) is 0 Å². The fraction of sp³-hybridized carbons (Fsp3) is 0.733. The molecular formula is C15H29N7O. The quantitative estimate of drug-likeness (QED) is 0.514. The summed E-state index contributed by atoms with van der Waals surface area (Å²) in [7, 11) is 0. The highest BCUT2D eigenvalue weighted by Gasteiger charge is 2.09. The first-order valence-electron chi connectivity index (χ1n) is 8.32. The number of aryl methyl sites for hydroxylation is 1. The van der Waals surface area contributed by atoms with Crippen LogP contribution in [0.4, 0.5) is 0 Å². The summed E-state index contributed by atoms with van der Waals surface area (Å²) in [4.78, 5) is 18.3. The van der Waals surface area contributed by atoms with E-state index < -0.39 is 0 Å². The lowest BCUT2D eigenvalue weighted by molar-refractivity contribution is -0.130. The number of aliphatic imine (C=N–C) groups is 1. The van der Waals surface area contributed by atoms with Gasteiger partial charge in [0.05, 0.1) is 0 Å². The van der Waals surface area contributed by atoms with Gasteiger partial charge in [0, 0.05) is 39.1 Å². The van der Waals surface area contributed by atoms with Crippen LogP contribution in [0.2, 0.25) is 0 Å². The summed E-state index contributed by atoms with van der Waals surface area (Å²) in [6.45, 7) is 12.1. The van der Waals surface area contributed by atoms with E-state index in [-0.39, 0.29) is 5.91 Å². The molecule has 0 aliphatic carbocycles. The summed E-state index contributed by atoms with van der Waals surface area (Å²) < 4.78 is 1.96. The van der Waals surface area contributed by atoms with Gasteiger partial charge in [-0.3, -0.25) is 4.79 Å². The molecule has 0 bridgehead atoms. The molecule has 0 fully saturated rings. The minimum atomic E-state index is 0.157. The van der Waals surface area contributed by atoms with Crippen LogP contribution < -0.4 is 10.6 Å². The molecule has 1 aromatic heterocycles. The molecule has 1 amide bonds. The Morgan fingerprint density at radius 3 is 2.61 bits per heavy atom. The monoisotopic (exact) mass is 323 g/mol. The normalized spacial score (nSPS) is 11.4. The van der Waals surface area contributed by atoms with Gasteiger partial charge >= 0.3 is 0 Å². The highest BCUT2D eigenvalue weighted by atomic mass is 16.2. The van der Waals surface area contributed by atoms with E-state index in [1.165, 1.54) is 0 Å². The number of aromatic nitrogens is 3. The second kappa shape index (κ2) is 10.6. The van der Waals surface area contributed by atoms with E-state index in [2.05, 4.69) is 25.8 Å². The first-order valence-corrected chi connectivity index (χ1v) is 8.32. The van der Waals surface area contributed by atoms with E-state index in [0.717, 1.165) is 32.0 Å². The van der Waals surface area contributed by atoms with Crippen molar-refractivity contribution in [1.29, 1.82) is 0 Å². The molecule has 0 spiro atoms. The average molecular weight is 323 g/mol. The number of hydrogen-bond acceptors (Lipinski definition) is 4. The highest BCUT2D eigenvalue weighted by Crippen LogP contribution is 1.97. The van der Waals surface area contributed by atoms with Crippen molar-refractivity contribution in [2.75, 3.05) is 26.2 Å². The number of guanidine groups is 1. The Balaban J connectivity index is 2.51. The maximum Gasteiger partial charge on any atom is 0.224 e. The molecule has 0 radical (unpaired) electrons. The van der Waals surface area contributed by atoms with Crippen LogP contribution >= 0.6 is 0 Å². The number of carbonyl (C=O) groups excluding carboxylic acids is 1. The van der Waals surface area contributed by atoms with E-state index in [1.807, 2.05) is 37.2 Å². The van der Waals surface area contributed by atoms with Crippen LogP contribution in [-0.2, 0) is 17.9 Å². The molecule has 1 rings (SSSR count). The van der Waals surface area contributed by atoms with Crippen LogP contribution in [0.3, 0.4) is 0 Å². The zero-order valence-electron chi connectivity index (χ0n) is 14.7. The molecule has 0 aliphatic heterocycles. The van der Waals surface area contributed by atoms with Crippen LogP contribution in [0.1, 0.15) is 39.9 Å². The fourth-order valence-electron chi connectivity index (χ4n) is 2.18. The van der Waals surface area contributed by atoms with Gasteiger partial charge in [0.1, 0.15) is 12.9 Å². The Morgan fingerprint density at radius 2 is 2.00 bits per heavy atom. The van der Waals surface area contributed by atoms with Gasteiger partial charge in [-0.1, -0.05) is 0 Å². The maximum atomic E-state index is 12.0. The molecule has 0 saturated carbocycles. The maximum absolute atomic E-state index is 12.0. The molecule has 0 aliphatic rings. The summed E-state index contributed by atoms with van der Waals surface area (Å²) in [5, 5.41) is 14.3. The van der Waals surface area contributed by atoms with Gasteiger partial charge in [-0.2, -0.15) is 0 Å². The van der Waals surface area contributed by atoms with E-state index in [0.29, 0.717) is 25.5 Å². The van der Waals surface area contributed by atoms with Crippen molar-refractivity contribution in [3.8, 4) is 0 Å². The zero-order chi connectivity index (χ0) is 17.1. The van der Waals surface area contributed by atoms with Crippen LogP contribution in [0.25, 0.3) is 0 Å². The van der Waals surface area contributed by atoms with Crippen molar-refractivity contribution in [3.63, 3.8) is 0 Å². The molecule has 23 heavy (non-hydrogen) atoms. The van der Waals surface area contributed by atoms with E-state index in [9.17, 15) is 4.79 Å². The summed E-state index contributed by atoms with van der Waals surface area (Å²) in [5.41, 5.74) is 0. The molecule has 0 aromatic carbocycles. The lowest BCUT2D eigenvalue weighted by Crippen LogP contribution is -2.40. The SMILES string of the molecule is CCNC(=NCc1nncn1CC)NCCC(=O)N(CC)CC. The molecule has 1 heterocycles. The first kappa shape index (κ1) is 18.9. The van der Waals surface area contributed by atoms with Crippen LogP contribution in [0.15, 0.2) is 11.3 Å². The molecule has 0 atom stereocenters. The van der Waals surface area contributed by atoms with Crippen LogP contribution in [0.5, 0.6) is 0 Å². The number of hydrogen-bond donors (Lipinski definition) is 2. The lowest BCUT2D eigenvalue weighted by Gasteiger charge is -2.19. The lowest BCUT2D eigenvalue weighted by atomic mass is 10.3. The molecule has 2 N–H and O–H groups in total. The molecule has 1 aromatic rings. The molecular weight excluding hydrogens is 294 g/mol. The largest absolute Gasteiger partial charge is 0.357 e. The van der Waals surface area contributed by atoms with Crippen molar-refractivity contribution in [2.45, 2.75) is 47.2 Å². The summed E-state index contributed by atoms with van der Waals surface area (Å²) in [6.07, 6.45) is 2.16. The number of nitrogens with one attached hydrogen (secondary N) is 2. The van der Waals surface area contributed by atoms with E-state index in [4.69, 9.17) is 0 Å². The van der Waals surface area contributed by atoms with Crippen molar-refractivity contribution in [2.24, 2.45) is 4.99 Å². The van der Waals surface area contributed by atoms with E-state index >= 15 is 0 Å². The number of carbonyl (C=O) groups is 1. The Bertz CT molecular complexity index is 494. The summed E-state index contributed by atoms with van der Waals surface area (Å²) >= 11 is 0. The van der Waals surface area contributed by atoms with Crippen molar-refractivity contribution in [3.05, 3.63) is 12.2 Å². The minimum absolute atomic E-state index is 0.157. The van der Waals surface area contributed by atoms with Crippen molar-refractivity contribution < 1.29 is 4.79 Å². The molecule has 130 valence electrons. The topological polar surface area (TPSA) is 87.4 Å². The van der Waals surface area contributed by atoms with Crippen LogP contribution in [0, 0.1) is 0 Å². The van der Waals surface area contributed by atoms with Gasteiger partial charge in [-0.15, -0.1) is 10.2 Å². The highest BCUT2D eigenvalue weighted by molar-refractivity contribution is 5.81. The molecule has 0 unspecified atom stereocenters. The summed E-state index contributed by atoms with van der Waals surface area (Å²) in [6, 6.07) is 0. The Labute approximate surface area is 138 Å². The second-order valence-corrected chi connectivity index (χ2v) is 4.97. The first-order chi connectivity index (χ1) is 11.2. The number of rotatable bonds is 9. The predicted octanol–water partition coefficient (Wildman–Crippen LogP) is 0.612. The minimum Gasteiger partial charge on any atom is -0.357 e. The van der Waals surface area contributed by atoms with Gasteiger partial charge < -0.3 is 20.1 Å². The molecule has 0 saturated heterocycles. The van der Waals surface area contributed by atoms with Crippen molar-refractivity contribution >= 4 is 11.9 Å². The Hall–Kier alpha value is -2.12. The van der Waals surface area contributed by atoms with Gasteiger partial charge in [-0.25, -0.2) is 4.99 Å². The summed E-state index contributed by atoms with van der Waals surface area (Å²) in [5.74, 6) is 1.67. The second-order valence-electron chi connectivity index (χ2n) is 4.97. The van der Waals surface area contributed by atoms with Crippen LogP contribution in [-0.4, -0.2) is 57.7 Å². The third kappa shape index (κ3) is 6.25. The number of amides is 1. The molecule has 8 nitrogen and oxygen atoms in total. The standard InChI is InChI=1S/C15H29N7O/c1-5-16-15(17-10-9-14(23)21(6-2)7-3)18-11-13-20-19-12-22(13)8-4/h12H,5-11H2,1-4H3,(H2,16,17,18). The van der Waals surface area contributed by atoms with Gasteiger partial charge in [-0.05, 0) is 27.7 Å².